The molecule has 1 heterocycles. The number of nitrogen functional groups attached to an aromatic ring is 1. The Kier molecular flexibility index (Phi) is 6.01. The summed E-state index contributed by atoms with van der Waals surface area (Å²) >= 11 is 11.8. The highest BCUT2D eigenvalue weighted by molar-refractivity contribution is 6.42. The van der Waals surface area contributed by atoms with Gasteiger partial charge < -0.3 is 10.5 Å². The quantitative estimate of drug-likeness (QED) is 0.492. The third-order valence-electron chi connectivity index (χ3n) is 4.35. The van der Waals surface area contributed by atoms with E-state index in [9.17, 15) is 18.0 Å². The second kappa shape index (κ2) is 8.20. The van der Waals surface area contributed by atoms with Gasteiger partial charge in [0.2, 0.25) is 0 Å². The Bertz CT molecular complexity index is 1130. The first-order valence-corrected chi connectivity index (χ1v) is 9.49. The van der Waals surface area contributed by atoms with Crippen molar-refractivity contribution in [2.45, 2.75) is 20.0 Å². The van der Waals surface area contributed by atoms with E-state index < -0.39 is 17.8 Å². The van der Waals surface area contributed by atoms with Gasteiger partial charge in [-0.3, -0.25) is 0 Å². The molecule has 1 aromatic heterocycles. The predicted octanol–water partition coefficient (Wildman–Crippen LogP) is 5.93. The van der Waals surface area contributed by atoms with Crippen LogP contribution >= 0.6 is 23.2 Å². The summed E-state index contributed by atoms with van der Waals surface area (Å²) in [6.07, 6.45) is -4.76. The highest BCUT2D eigenvalue weighted by Crippen LogP contribution is 2.42. The molecule has 0 saturated heterocycles. The van der Waals surface area contributed by atoms with Crippen molar-refractivity contribution in [3.05, 3.63) is 63.3 Å². The molecule has 2 N–H and O–H groups in total. The lowest BCUT2D eigenvalue weighted by Crippen LogP contribution is -2.10. The number of anilines is 1. The molecule has 5 nitrogen and oxygen atoms in total. The summed E-state index contributed by atoms with van der Waals surface area (Å²) in [5, 5.41) is 3.99. The number of esters is 1. The summed E-state index contributed by atoms with van der Waals surface area (Å²) in [6, 6.07) is 8.47. The van der Waals surface area contributed by atoms with Crippen molar-refractivity contribution in [1.82, 2.24) is 9.78 Å². The third-order valence-corrected chi connectivity index (χ3v) is 5.09. The van der Waals surface area contributed by atoms with Crippen molar-refractivity contribution >= 4 is 35.0 Å². The zero-order valence-corrected chi connectivity index (χ0v) is 17.4. The highest BCUT2D eigenvalue weighted by Gasteiger charge is 2.39. The Balaban J connectivity index is 2.18. The average Bonchev–Trinajstić information content (AvgIpc) is 3.01. The molecule has 3 aromatic rings. The number of hydrogen-bond acceptors (Lipinski definition) is 4. The number of carbonyl (C=O) groups excluding carboxylic acids is 1. The van der Waals surface area contributed by atoms with Gasteiger partial charge in [0.05, 0.1) is 33.5 Å². The van der Waals surface area contributed by atoms with E-state index in [4.69, 9.17) is 33.7 Å². The van der Waals surface area contributed by atoms with Crippen LogP contribution in [0.4, 0.5) is 19.0 Å². The second-order valence-corrected chi connectivity index (χ2v) is 7.18. The smallest absolute Gasteiger partial charge is 0.435 e. The number of rotatable bonds is 4. The number of hydrogen-bond donors (Lipinski definition) is 1. The molecule has 0 aliphatic carbocycles. The molecular formula is C20H16Cl2F3N3O2. The first-order valence-electron chi connectivity index (χ1n) is 8.73. The molecule has 0 fully saturated rings. The number of nitrogens with zero attached hydrogens (tertiary/aromatic N) is 2. The Morgan fingerprint density at radius 3 is 2.43 bits per heavy atom. The van der Waals surface area contributed by atoms with Crippen LogP contribution in [0.25, 0.3) is 16.8 Å². The molecule has 0 unspecified atom stereocenters. The molecule has 0 atom stereocenters. The Morgan fingerprint density at radius 2 is 1.87 bits per heavy atom. The Hall–Kier alpha value is -2.71. The molecule has 10 heteroatoms. The number of aryl methyl sites for hydroxylation is 1. The first kappa shape index (κ1) is 22.0. The lowest BCUT2D eigenvalue weighted by atomic mass is 10.0. The normalized spacial score (nSPS) is 11.6. The minimum Gasteiger partial charge on any atom is -0.462 e. The van der Waals surface area contributed by atoms with Crippen LogP contribution < -0.4 is 5.73 Å². The lowest BCUT2D eigenvalue weighted by molar-refractivity contribution is -0.140. The van der Waals surface area contributed by atoms with Crippen LogP contribution in [0.3, 0.4) is 0 Å². The largest absolute Gasteiger partial charge is 0.462 e. The van der Waals surface area contributed by atoms with Crippen molar-refractivity contribution in [3.63, 3.8) is 0 Å². The molecular weight excluding hydrogens is 442 g/mol. The van der Waals surface area contributed by atoms with Crippen LogP contribution in [0.5, 0.6) is 0 Å². The molecule has 0 amide bonds. The Labute approximate surface area is 180 Å². The maximum atomic E-state index is 13.7. The summed E-state index contributed by atoms with van der Waals surface area (Å²) in [6.45, 7) is 3.52. The summed E-state index contributed by atoms with van der Waals surface area (Å²) in [7, 11) is 0. The SMILES string of the molecule is CCOC(=O)c1ccc(-n2nc(C(F)(F)F)c(-c3ccc(Cl)c(Cl)c3)c2N)cc1C. The maximum Gasteiger partial charge on any atom is 0.435 e. The van der Waals surface area contributed by atoms with Gasteiger partial charge in [0.15, 0.2) is 5.69 Å². The van der Waals surface area contributed by atoms with Gasteiger partial charge in [0.25, 0.3) is 0 Å². The standard InChI is InChI=1S/C20H16Cl2F3N3O2/c1-3-30-19(29)13-6-5-12(8-10(13)2)28-18(26)16(17(27-28)20(23,24)25)11-4-7-14(21)15(22)9-11/h4-9H,3,26H2,1-2H3. The molecule has 3 rings (SSSR count). The summed E-state index contributed by atoms with van der Waals surface area (Å²) in [4.78, 5) is 12.0. The van der Waals surface area contributed by atoms with Crippen molar-refractivity contribution in [2.24, 2.45) is 0 Å². The lowest BCUT2D eigenvalue weighted by Gasteiger charge is -2.10. The average molecular weight is 458 g/mol. The van der Waals surface area contributed by atoms with E-state index in [1.165, 1.54) is 36.4 Å². The number of halogens is 5. The Morgan fingerprint density at radius 1 is 1.17 bits per heavy atom. The molecule has 2 aromatic carbocycles. The van der Waals surface area contributed by atoms with E-state index in [2.05, 4.69) is 5.10 Å². The molecule has 0 bridgehead atoms. The van der Waals surface area contributed by atoms with Crippen LogP contribution in [0.15, 0.2) is 36.4 Å². The topological polar surface area (TPSA) is 70.1 Å². The zero-order chi connectivity index (χ0) is 22.2. The third kappa shape index (κ3) is 4.11. The highest BCUT2D eigenvalue weighted by atomic mass is 35.5. The molecule has 0 aliphatic rings. The fourth-order valence-electron chi connectivity index (χ4n) is 2.98. The van der Waals surface area contributed by atoms with Gasteiger partial charge in [-0.2, -0.15) is 18.3 Å². The number of benzene rings is 2. The van der Waals surface area contributed by atoms with E-state index >= 15 is 0 Å². The number of carbonyl (C=O) groups is 1. The summed E-state index contributed by atoms with van der Waals surface area (Å²) in [5.74, 6) is -0.758. The van der Waals surface area contributed by atoms with Gasteiger partial charge in [-0.05, 0) is 55.3 Å². The van der Waals surface area contributed by atoms with Crippen LogP contribution in [0.2, 0.25) is 10.0 Å². The molecule has 0 radical (unpaired) electrons. The van der Waals surface area contributed by atoms with Gasteiger partial charge in [-0.1, -0.05) is 29.3 Å². The van der Waals surface area contributed by atoms with Crippen LogP contribution in [-0.2, 0) is 10.9 Å². The van der Waals surface area contributed by atoms with Gasteiger partial charge in [0, 0.05) is 0 Å². The van der Waals surface area contributed by atoms with Crippen molar-refractivity contribution < 1.29 is 22.7 Å². The molecule has 0 spiro atoms. The molecule has 30 heavy (non-hydrogen) atoms. The minimum atomic E-state index is -4.76. The molecule has 158 valence electrons. The maximum absolute atomic E-state index is 13.7. The van der Waals surface area contributed by atoms with E-state index in [0.29, 0.717) is 11.1 Å². The zero-order valence-electron chi connectivity index (χ0n) is 15.8. The van der Waals surface area contributed by atoms with Crippen molar-refractivity contribution in [3.8, 4) is 16.8 Å². The molecule has 0 saturated carbocycles. The van der Waals surface area contributed by atoms with E-state index in [1.807, 2.05) is 0 Å². The van der Waals surface area contributed by atoms with Gasteiger partial charge >= 0.3 is 12.1 Å². The van der Waals surface area contributed by atoms with Crippen LogP contribution in [0, 0.1) is 6.92 Å². The van der Waals surface area contributed by atoms with Gasteiger partial charge in [-0.25, -0.2) is 9.48 Å². The van der Waals surface area contributed by atoms with E-state index in [0.717, 1.165) is 4.68 Å². The van der Waals surface area contributed by atoms with Crippen LogP contribution in [-0.4, -0.2) is 22.4 Å². The van der Waals surface area contributed by atoms with Crippen molar-refractivity contribution in [1.29, 1.82) is 0 Å². The van der Waals surface area contributed by atoms with E-state index in [-0.39, 0.29) is 39.3 Å². The van der Waals surface area contributed by atoms with Gasteiger partial charge in [-0.15, -0.1) is 0 Å². The summed E-state index contributed by atoms with van der Waals surface area (Å²) in [5.41, 5.74) is 5.80. The van der Waals surface area contributed by atoms with Crippen molar-refractivity contribution in [2.75, 3.05) is 12.3 Å². The van der Waals surface area contributed by atoms with E-state index in [1.54, 1.807) is 13.8 Å². The van der Waals surface area contributed by atoms with Crippen LogP contribution in [0.1, 0.15) is 28.5 Å². The van der Waals surface area contributed by atoms with Gasteiger partial charge in [0.1, 0.15) is 5.82 Å². The number of alkyl halides is 3. The second-order valence-electron chi connectivity index (χ2n) is 6.37. The number of aromatic nitrogens is 2. The molecule has 0 aliphatic heterocycles. The fraction of sp³-hybridized carbons (Fsp3) is 0.200. The number of nitrogens with two attached hydrogens (primary N) is 1. The number of ether oxygens (including phenoxy) is 1. The fourth-order valence-corrected chi connectivity index (χ4v) is 3.28. The monoisotopic (exact) mass is 457 g/mol. The predicted molar refractivity (Wildman–Crippen MR) is 109 cm³/mol. The first-order chi connectivity index (χ1) is 14.0. The summed E-state index contributed by atoms with van der Waals surface area (Å²) < 4.78 is 47.1. The minimum absolute atomic E-state index is 0.0871.